The maximum Gasteiger partial charge on any atom is 0.164 e. The summed E-state index contributed by atoms with van der Waals surface area (Å²) in [6.07, 6.45) is 3.61. The van der Waals surface area contributed by atoms with Crippen molar-refractivity contribution in [1.29, 1.82) is 0 Å². The molecule has 3 aliphatic heterocycles. The lowest BCUT2D eigenvalue weighted by molar-refractivity contribution is -0.239. The van der Waals surface area contributed by atoms with Gasteiger partial charge in [-0.15, -0.1) is 0 Å². The van der Waals surface area contributed by atoms with Crippen LogP contribution in [0.1, 0.15) is 47.0 Å². The Morgan fingerprint density at radius 1 is 0.867 bits per heavy atom. The largest absolute Gasteiger partial charge is 0.363 e. The van der Waals surface area contributed by atoms with Crippen LogP contribution < -0.4 is 0 Å². The van der Waals surface area contributed by atoms with E-state index in [1.807, 2.05) is 13.8 Å². The fourth-order valence-corrected chi connectivity index (χ4v) is 3.48. The van der Waals surface area contributed by atoms with Gasteiger partial charge in [-0.25, -0.2) is 0 Å². The normalized spacial score (nSPS) is 56.8. The summed E-state index contributed by atoms with van der Waals surface area (Å²) >= 11 is 0. The Morgan fingerprint density at radius 2 is 1.33 bits per heavy atom. The van der Waals surface area contributed by atoms with E-state index in [-0.39, 0.29) is 23.4 Å². The van der Waals surface area contributed by atoms with E-state index in [4.69, 9.17) is 14.2 Å². The van der Waals surface area contributed by atoms with Gasteiger partial charge in [-0.3, -0.25) is 0 Å². The van der Waals surface area contributed by atoms with Crippen molar-refractivity contribution < 1.29 is 14.2 Å². The third-order valence-electron chi connectivity index (χ3n) is 4.11. The summed E-state index contributed by atoms with van der Waals surface area (Å²) in [4.78, 5) is 0. The molecule has 0 aromatic heterocycles. The number of fused-ring (bicyclic) bond motifs is 5. The van der Waals surface area contributed by atoms with E-state index >= 15 is 0 Å². The van der Waals surface area contributed by atoms with Gasteiger partial charge in [0.2, 0.25) is 0 Å². The molecule has 0 radical (unpaired) electrons. The molecular weight excluding hydrogens is 192 g/mol. The number of rotatable bonds is 0. The van der Waals surface area contributed by atoms with Crippen LogP contribution in [0.5, 0.6) is 0 Å². The van der Waals surface area contributed by atoms with Gasteiger partial charge in [0.1, 0.15) is 12.2 Å². The van der Waals surface area contributed by atoms with Crippen LogP contribution in [-0.2, 0) is 14.2 Å². The quantitative estimate of drug-likeness (QED) is 0.616. The molecule has 15 heavy (non-hydrogen) atoms. The Morgan fingerprint density at radius 3 is 1.80 bits per heavy atom. The molecule has 0 amide bonds. The smallest absolute Gasteiger partial charge is 0.164 e. The average Bonchev–Trinajstić information content (AvgIpc) is 2.47. The zero-order chi connectivity index (χ0) is 10.9. The summed E-state index contributed by atoms with van der Waals surface area (Å²) < 4.78 is 18.2. The highest BCUT2D eigenvalue weighted by Gasteiger charge is 2.66. The minimum atomic E-state index is -0.445. The maximum atomic E-state index is 6.18. The van der Waals surface area contributed by atoms with Crippen molar-refractivity contribution in [3.63, 3.8) is 0 Å². The van der Waals surface area contributed by atoms with E-state index in [1.54, 1.807) is 0 Å². The molecule has 0 aromatic rings. The van der Waals surface area contributed by atoms with Crippen molar-refractivity contribution in [3.05, 3.63) is 0 Å². The molecule has 3 aliphatic rings. The molecule has 0 unspecified atom stereocenters. The Kier molecular flexibility index (Phi) is 1.73. The van der Waals surface area contributed by atoms with Crippen LogP contribution in [0.25, 0.3) is 0 Å². The lowest BCUT2D eigenvalue weighted by Crippen LogP contribution is -2.44. The molecule has 3 heteroatoms. The van der Waals surface area contributed by atoms with Crippen LogP contribution in [0.3, 0.4) is 0 Å². The van der Waals surface area contributed by atoms with E-state index < -0.39 is 5.79 Å². The summed E-state index contributed by atoms with van der Waals surface area (Å²) in [6, 6.07) is 0. The Hall–Kier alpha value is -0.120. The highest BCUT2D eigenvalue weighted by atomic mass is 16.8. The first-order valence-electron chi connectivity index (χ1n) is 5.91. The predicted molar refractivity (Wildman–Crippen MR) is 55.6 cm³/mol. The van der Waals surface area contributed by atoms with Gasteiger partial charge in [0.25, 0.3) is 0 Å². The molecule has 3 nitrogen and oxygen atoms in total. The molecule has 86 valence electrons. The molecule has 3 fully saturated rings. The summed E-state index contributed by atoms with van der Waals surface area (Å²) in [5, 5.41) is 0. The Bertz CT molecular complexity index is 275. The zero-order valence-corrected chi connectivity index (χ0v) is 10.0. The van der Waals surface area contributed by atoms with Crippen molar-refractivity contribution in [2.45, 2.75) is 76.2 Å². The molecule has 2 bridgehead atoms. The van der Waals surface area contributed by atoms with Crippen LogP contribution in [-0.4, -0.2) is 29.2 Å². The SMILES string of the molecule is CC1(C)O[C@@H]2[C@H](O1)[C@@]1(C)CCC[C@]2(C)O1. The summed E-state index contributed by atoms with van der Waals surface area (Å²) in [7, 11) is 0. The van der Waals surface area contributed by atoms with E-state index in [1.165, 1.54) is 6.42 Å². The van der Waals surface area contributed by atoms with Crippen LogP contribution in [0, 0.1) is 0 Å². The van der Waals surface area contributed by atoms with Gasteiger partial charge in [-0.1, -0.05) is 0 Å². The van der Waals surface area contributed by atoms with Gasteiger partial charge in [0.15, 0.2) is 5.79 Å². The molecule has 0 saturated carbocycles. The number of hydrogen-bond acceptors (Lipinski definition) is 3. The number of hydrogen-bond donors (Lipinski definition) is 0. The monoisotopic (exact) mass is 212 g/mol. The minimum absolute atomic E-state index is 0.111. The highest BCUT2D eigenvalue weighted by molar-refractivity contribution is 5.13. The molecule has 0 spiro atoms. The molecule has 0 aromatic carbocycles. The highest BCUT2D eigenvalue weighted by Crippen LogP contribution is 2.55. The molecule has 0 aliphatic carbocycles. The fourth-order valence-electron chi connectivity index (χ4n) is 3.48. The van der Waals surface area contributed by atoms with E-state index in [2.05, 4.69) is 13.8 Å². The van der Waals surface area contributed by atoms with Crippen LogP contribution in [0.15, 0.2) is 0 Å². The van der Waals surface area contributed by atoms with Crippen molar-refractivity contribution >= 4 is 0 Å². The first kappa shape index (κ1) is 10.1. The van der Waals surface area contributed by atoms with Crippen LogP contribution >= 0.6 is 0 Å². The molecule has 3 saturated heterocycles. The zero-order valence-electron chi connectivity index (χ0n) is 10.0. The van der Waals surface area contributed by atoms with Crippen molar-refractivity contribution in [3.8, 4) is 0 Å². The third-order valence-corrected chi connectivity index (χ3v) is 4.11. The lowest BCUT2D eigenvalue weighted by Gasteiger charge is -2.39. The third kappa shape index (κ3) is 1.23. The van der Waals surface area contributed by atoms with E-state index in [0.717, 1.165) is 12.8 Å². The van der Waals surface area contributed by atoms with E-state index in [0.29, 0.717) is 0 Å². The molecule has 0 N–H and O–H groups in total. The molecule has 3 rings (SSSR count). The second-order valence-corrected chi connectivity index (χ2v) is 6.06. The standard InChI is InChI=1S/C12H20O3/c1-10(2)13-8-9(14-10)12(4)7-5-6-11(8,3)15-12/h8-9H,5-7H2,1-4H3/t8-,9+,11+,12-. The number of ether oxygens (including phenoxy) is 3. The van der Waals surface area contributed by atoms with Gasteiger partial charge in [0, 0.05) is 0 Å². The first-order chi connectivity index (χ1) is 6.85. The Balaban J connectivity index is 1.99. The van der Waals surface area contributed by atoms with Gasteiger partial charge in [-0.05, 0) is 47.0 Å². The average molecular weight is 212 g/mol. The summed E-state index contributed by atoms with van der Waals surface area (Å²) in [6.45, 7) is 8.32. The second kappa shape index (κ2) is 2.58. The lowest BCUT2D eigenvalue weighted by atomic mass is 9.94. The van der Waals surface area contributed by atoms with E-state index in [9.17, 15) is 0 Å². The summed E-state index contributed by atoms with van der Waals surface area (Å²) in [5.74, 6) is -0.445. The van der Waals surface area contributed by atoms with Crippen LogP contribution in [0.4, 0.5) is 0 Å². The van der Waals surface area contributed by atoms with Gasteiger partial charge in [-0.2, -0.15) is 0 Å². The minimum Gasteiger partial charge on any atom is -0.363 e. The predicted octanol–water partition coefficient (Wildman–Crippen LogP) is 2.24. The molecule has 4 atom stereocenters. The van der Waals surface area contributed by atoms with Crippen molar-refractivity contribution in [1.82, 2.24) is 0 Å². The van der Waals surface area contributed by atoms with Gasteiger partial charge in [0.05, 0.1) is 11.2 Å². The van der Waals surface area contributed by atoms with Crippen molar-refractivity contribution in [2.24, 2.45) is 0 Å². The maximum absolute atomic E-state index is 6.18. The molecule has 3 heterocycles. The van der Waals surface area contributed by atoms with Crippen molar-refractivity contribution in [2.75, 3.05) is 0 Å². The first-order valence-corrected chi connectivity index (χ1v) is 5.91. The van der Waals surface area contributed by atoms with Gasteiger partial charge >= 0.3 is 0 Å². The van der Waals surface area contributed by atoms with Gasteiger partial charge < -0.3 is 14.2 Å². The fraction of sp³-hybridized carbons (Fsp3) is 1.00. The second-order valence-electron chi connectivity index (χ2n) is 6.06. The Labute approximate surface area is 91.1 Å². The van der Waals surface area contributed by atoms with Crippen LogP contribution in [0.2, 0.25) is 0 Å². The topological polar surface area (TPSA) is 27.7 Å². The summed E-state index contributed by atoms with van der Waals surface area (Å²) in [5.41, 5.74) is -0.267. The molecular formula is C12H20O3.